The number of carboxylic acid groups (broad SMARTS) is 4. The van der Waals surface area contributed by atoms with Gasteiger partial charge in [0, 0.05) is 25.2 Å². The van der Waals surface area contributed by atoms with E-state index in [1.807, 2.05) is 48.5 Å². The first-order valence-electron chi connectivity index (χ1n) is 16.3. The quantitative estimate of drug-likeness (QED) is 0.0799. The van der Waals surface area contributed by atoms with Crippen molar-refractivity contribution in [2.75, 3.05) is 19.7 Å². The standard InChI is InChI=1S/C34H39N5O14/c40-26(35-15-27(41)37-24(32(48)49)10-13-29(43)44)12-9-23(31(47)36-16-28(42)38-25(33(50)51)11-14-30(45)46)39-34(52)53-17-22-20-7-3-1-5-18(20)19-6-2-4-8-21(19)22/h1-8,22-25H,9-17H2,(H,35,40)(H,36,47)(H,37,41)(H,38,42)(H,39,52)(H,43,44)(H,45,46)(H,48,49)(H,50,51). The van der Waals surface area contributed by atoms with Crippen molar-refractivity contribution in [1.29, 1.82) is 0 Å². The van der Waals surface area contributed by atoms with Gasteiger partial charge in [0.2, 0.25) is 23.6 Å². The maximum atomic E-state index is 13.1. The lowest BCUT2D eigenvalue weighted by molar-refractivity contribution is -0.144. The Hall–Kier alpha value is -6.53. The fourth-order valence-electron chi connectivity index (χ4n) is 5.43. The minimum Gasteiger partial charge on any atom is -0.481 e. The predicted molar refractivity (Wildman–Crippen MR) is 180 cm³/mol. The molecule has 0 heterocycles. The number of carbonyl (C=O) groups excluding carboxylic acids is 5. The second-order valence-corrected chi connectivity index (χ2v) is 11.8. The molecule has 0 bridgehead atoms. The van der Waals surface area contributed by atoms with Gasteiger partial charge in [0.25, 0.3) is 0 Å². The Bertz CT molecular complexity index is 1680. The Kier molecular flexibility index (Phi) is 15.2. The number of hydrogen-bond acceptors (Lipinski definition) is 10. The summed E-state index contributed by atoms with van der Waals surface area (Å²) < 4.78 is 5.49. The van der Waals surface area contributed by atoms with Crippen molar-refractivity contribution < 1.29 is 68.3 Å². The van der Waals surface area contributed by atoms with Gasteiger partial charge in [-0.15, -0.1) is 0 Å². The van der Waals surface area contributed by atoms with Crippen molar-refractivity contribution in [2.45, 2.75) is 62.6 Å². The highest BCUT2D eigenvalue weighted by Crippen LogP contribution is 2.44. The third kappa shape index (κ3) is 12.9. The average molecular weight is 742 g/mol. The van der Waals surface area contributed by atoms with Crippen LogP contribution in [-0.2, 0) is 43.1 Å². The summed E-state index contributed by atoms with van der Waals surface area (Å²) >= 11 is 0. The fraction of sp³-hybridized carbons (Fsp3) is 0.382. The summed E-state index contributed by atoms with van der Waals surface area (Å²) in [5, 5.41) is 47.1. The summed E-state index contributed by atoms with van der Waals surface area (Å²) in [5.74, 6) is -9.56. The van der Waals surface area contributed by atoms with Gasteiger partial charge < -0.3 is 51.7 Å². The van der Waals surface area contributed by atoms with Gasteiger partial charge in [-0.3, -0.25) is 28.8 Å². The van der Waals surface area contributed by atoms with Crippen LogP contribution in [0.5, 0.6) is 0 Å². The number of rotatable bonds is 21. The summed E-state index contributed by atoms with van der Waals surface area (Å²) in [4.78, 5) is 108. The summed E-state index contributed by atoms with van der Waals surface area (Å²) in [6.07, 6.45) is -3.82. The van der Waals surface area contributed by atoms with E-state index in [9.17, 15) is 53.4 Å². The molecule has 3 atom stereocenters. The lowest BCUT2D eigenvalue weighted by Crippen LogP contribution is -2.51. The zero-order valence-electron chi connectivity index (χ0n) is 28.2. The van der Waals surface area contributed by atoms with Crippen LogP contribution in [0.4, 0.5) is 4.79 Å². The monoisotopic (exact) mass is 741 g/mol. The molecule has 1 aliphatic carbocycles. The van der Waals surface area contributed by atoms with Crippen LogP contribution in [0, 0.1) is 0 Å². The number of amides is 5. The van der Waals surface area contributed by atoms with Crippen molar-refractivity contribution >= 4 is 53.6 Å². The number of carbonyl (C=O) groups is 9. The second-order valence-electron chi connectivity index (χ2n) is 11.8. The van der Waals surface area contributed by atoms with Gasteiger partial charge in [-0.25, -0.2) is 14.4 Å². The molecule has 5 amide bonds. The molecule has 0 saturated carbocycles. The molecule has 0 radical (unpaired) electrons. The minimum atomic E-state index is -1.56. The first-order chi connectivity index (χ1) is 25.2. The summed E-state index contributed by atoms with van der Waals surface area (Å²) in [5.41, 5.74) is 3.78. The third-order valence-electron chi connectivity index (χ3n) is 8.04. The van der Waals surface area contributed by atoms with Crippen molar-refractivity contribution in [3.63, 3.8) is 0 Å². The number of ether oxygens (including phenoxy) is 1. The van der Waals surface area contributed by atoms with Crippen LogP contribution in [-0.4, -0.2) is 112 Å². The van der Waals surface area contributed by atoms with Crippen LogP contribution in [0.3, 0.4) is 0 Å². The summed E-state index contributed by atoms with van der Waals surface area (Å²) in [6, 6.07) is 10.5. The maximum absolute atomic E-state index is 13.1. The van der Waals surface area contributed by atoms with E-state index in [2.05, 4.69) is 26.6 Å². The van der Waals surface area contributed by atoms with Crippen molar-refractivity contribution in [3.8, 4) is 11.1 Å². The highest BCUT2D eigenvalue weighted by atomic mass is 16.5. The molecule has 53 heavy (non-hydrogen) atoms. The van der Waals surface area contributed by atoms with Crippen molar-refractivity contribution in [1.82, 2.24) is 26.6 Å². The van der Waals surface area contributed by atoms with Gasteiger partial charge in [-0.05, 0) is 41.5 Å². The van der Waals surface area contributed by atoms with E-state index in [-0.39, 0.29) is 12.5 Å². The van der Waals surface area contributed by atoms with Gasteiger partial charge >= 0.3 is 30.0 Å². The summed E-state index contributed by atoms with van der Waals surface area (Å²) in [7, 11) is 0. The molecule has 2 aromatic carbocycles. The van der Waals surface area contributed by atoms with Gasteiger partial charge in [-0.1, -0.05) is 48.5 Å². The molecule has 0 saturated heterocycles. The largest absolute Gasteiger partial charge is 0.481 e. The molecule has 1 aliphatic rings. The third-order valence-corrected chi connectivity index (χ3v) is 8.04. The van der Waals surface area contributed by atoms with Crippen LogP contribution in [0.15, 0.2) is 48.5 Å². The number of carboxylic acids is 4. The van der Waals surface area contributed by atoms with Crippen LogP contribution in [0.2, 0.25) is 0 Å². The Morgan fingerprint density at radius 3 is 1.49 bits per heavy atom. The molecule has 0 fully saturated rings. The van der Waals surface area contributed by atoms with E-state index in [0.29, 0.717) is 0 Å². The number of fused-ring (bicyclic) bond motifs is 3. The number of nitrogens with one attached hydrogen (secondary N) is 5. The molecule has 0 aliphatic heterocycles. The topological polar surface area (TPSA) is 304 Å². The fourth-order valence-corrected chi connectivity index (χ4v) is 5.43. The van der Waals surface area contributed by atoms with Crippen LogP contribution in [0.25, 0.3) is 11.1 Å². The van der Waals surface area contributed by atoms with Crippen molar-refractivity contribution in [2.24, 2.45) is 0 Å². The molecule has 2 aromatic rings. The first kappa shape index (κ1) is 40.9. The Labute approximate surface area is 301 Å². The van der Waals surface area contributed by atoms with Gasteiger partial charge in [0.15, 0.2) is 0 Å². The molecule has 3 unspecified atom stereocenters. The molecule has 19 nitrogen and oxygen atoms in total. The molecular formula is C34H39N5O14. The highest BCUT2D eigenvalue weighted by molar-refractivity contribution is 5.92. The Morgan fingerprint density at radius 2 is 1.02 bits per heavy atom. The minimum absolute atomic E-state index is 0.122. The van der Waals surface area contributed by atoms with Crippen LogP contribution < -0.4 is 26.6 Å². The SMILES string of the molecule is O=C(O)CCC(NC(=O)CNC(=O)CCC(NC(=O)OCC1c2ccccc2-c2ccccc21)C(=O)NCC(=O)NC(CCC(=O)O)C(=O)O)C(=O)O. The zero-order valence-corrected chi connectivity index (χ0v) is 28.2. The number of hydrogen-bond donors (Lipinski definition) is 9. The Balaban J connectivity index is 1.62. The molecule has 0 spiro atoms. The Morgan fingerprint density at radius 1 is 0.566 bits per heavy atom. The normalized spacial score (nSPS) is 13.1. The highest BCUT2D eigenvalue weighted by Gasteiger charge is 2.30. The average Bonchev–Trinajstić information content (AvgIpc) is 3.43. The van der Waals surface area contributed by atoms with E-state index in [1.54, 1.807) is 0 Å². The van der Waals surface area contributed by atoms with E-state index < -0.39 is 123 Å². The first-order valence-corrected chi connectivity index (χ1v) is 16.3. The molecule has 19 heteroatoms. The smallest absolute Gasteiger partial charge is 0.407 e. The number of alkyl carbamates (subject to hydrolysis) is 1. The van der Waals surface area contributed by atoms with Crippen LogP contribution in [0.1, 0.15) is 55.6 Å². The number of benzene rings is 2. The van der Waals surface area contributed by atoms with E-state index >= 15 is 0 Å². The van der Waals surface area contributed by atoms with Gasteiger partial charge in [0.1, 0.15) is 24.7 Å². The molecule has 0 aromatic heterocycles. The second kappa shape index (κ2) is 19.8. The van der Waals surface area contributed by atoms with Crippen molar-refractivity contribution in [3.05, 3.63) is 59.7 Å². The summed E-state index contributed by atoms with van der Waals surface area (Å²) in [6.45, 7) is -1.60. The predicted octanol–water partition coefficient (Wildman–Crippen LogP) is -0.225. The lowest BCUT2D eigenvalue weighted by atomic mass is 9.98. The van der Waals surface area contributed by atoms with Gasteiger partial charge in [0.05, 0.1) is 13.1 Å². The van der Waals surface area contributed by atoms with Gasteiger partial charge in [-0.2, -0.15) is 0 Å². The van der Waals surface area contributed by atoms with E-state index in [4.69, 9.17) is 14.9 Å². The van der Waals surface area contributed by atoms with E-state index in [1.165, 1.54) is 0 Å². The molecule has 284 valence electrons. The van der Waals surface area contributed by atoms with Crippen LogP contribution >= 0.6 is 0 Å². The molecule has 3 rings (SSSR count). The number of aliphatic carboxylic acids is 4. The molecule has 9 N–H and O–H groups in total. The maximum Gasteiger partial charge on any atom is 0.407 e. The zero-order chi connectivity index (χ0) is 39.1. The molecular weight excluding hydrogens is 702 g/mol. The lowest BCUT2D eigenvalue weighted by Gasteiger charge is -2.20. The van der Waals surface area contributed by atoms with E-state index in [0.717, 1.165) is 22.3 Å².